The Morgan fingerprint density at radius 1 is 1.26 bits per heavy atom. The molecule has 1 amide bonds. The van der Waals surface area contributed by atoms with Gasteiger partial charge >= 0.3 is 12.6 Å². The van der Waals surface area contributed by atoms with Crippen molar-refractivity contribution in [2.24, 2.45) is 11.8 Å². The molecule has 0 bridgehead atoms. The number of likely N-dealkylation sites (tertiary alicyclic amines) is 1. The van der Waals surface area contributed by atoms with Gasteiger partial charge in [-0.2, -0.15) is 8.78 Å². The third-order valence-electron chi connectivity index (χ3n) is 5.26. The summed E-state index contributed by atoms with van der Waals surface area (Å²) in [5, 5.41) is 9.37. The number of anilines is 1. The van der Waals surface area contributed by atoms with Crippen LogP contribution in [0.5, 0.6) is 5.75 Å². The Bertz CT molecular complexity index is 683. The Kier molecular flexibility index (Phi) is 5.94. The summed E-state index contributed by atoms with van der Waals surface area (Å²) in [5.74, 6) is -1.08. The number of halogens is 2. The van der Waals surface area contributed by atoms with Gasteiger partial charge in [-0.1, -0.05) is 6.92 Å². The van der Waals surface area contributed by atoms with E-state index >= 15 is 0 Å². The molecule has 3 rings (SSSR count). The van der Waals surface area contributed by atoms with E-state index in [1.165, 1.54) is 12.1 Å². The second-order valence-corrected chi connectivity index (χ2v) is 7.35. The molecule has 1 aromatic rings. The van der Waals surface area contributed by atoms with Crippen molar-refractivity contribution in [3.63, 3.8) is 0 Å². The van der Waals surface area contributed by atoms with Crippen molar-refractivity contribution in [2.45, 2.75) is 38.8 Å². The SMILES string of the molecule is CC1CC(C(=O)O)CN(C2CCCN(c3ccc(OC(F)F)cc3)C2=O)C1. The number of carbonyl (C=O) groups is 2. The van der Waals surface area contributed by atoms with Crippen LogP contribution < -0.4 is 9.64 Å². The number of hydrogen-bond donors (Lipinski definition) is 1. The Morgan fingerprint density at radius 3 is 2.59 bits per heavy atom. The summed E-state index contributed by atoms with van der Waals surface area (Å²) in [6.07, 6.45) is 2.12. The van der Waals surface area contributed by atoms with E-state index in [9.17, 15) is 23.5 Å². The van der Waals surface area contributed by atoms with E-state index in [0.717, 1.165) is 6.42 Å². The molecule has 0 saturated carbocycles. The number of carbonyl (C=O) groups excluding carboxylic acids is 1. The van der Waals surface area contributed by atoms with Crippen molar-refractivity contribution in [2.75, 3.05) is 24.5 Å². The summed E-state index contributed by atoms with van der Waals surface area (Å²) in [5.41, 5.74) is 0.631. The van der Waals surface area contributed by atoms with E-state index in [0.29, 0.717) is 38.2 Å². The second-order valence-electron chi connectivity index (χ2n) is 7.35. The number of alkyl halides is 2. The molecule has 0 radical (unpaired) electrons. The molecular weight excluding hydrogens is 358 g/mol. The molecule has 2 aliphatic rings. The molecule has 2 heterocycles. The van der Waals surface area contributed by atoms with Gasteiger partial charge in [-0.15, -0.1) is 0 Å². The molecule has 148 valence electrons. The van der Waals surface area contributed by atoms with E-state index in [-0.39, 0.29) is 23.6 Å². The van der Waals surface area contributed by atoms with Crippen LogP contribution in [0.2, 0.25) is 0 Å². The van der Waals surface area contributed by atoms with Crippen LogP contribution in [0.3, 0.4) is 0 Å². The Hall–Kier alpha value is -2.22. The lowest BCUT2D eigenvalue weighted by Gasteiger charge is -2.43. The highest BCUT2D eigenvalue weighted by Crippen LogP contribution is 2.30. The summed E-state index contributed by atoms with van der Waals surface area (Å²) in [7, 11) is 0. The van der Waals surface area contributed by atoms with E-state index in [1.54, 1.807) is 17.0 Å². The number of piperidine rings is 2. The van der Waals surface area contributed by atoms with E-state index in [1.807, 2.05) is 11.8 Å². The van der Waals surface area contributed by atoms with E-state index in [2.05, 4.69) is 4.74 Å². The molecular formula is C19H24F2N2O4. The molecule has 27 heavy (non-hydrogen) atoms. The zero-order chi connectivity index (χ0) is 19.6. The zero-order valence-electron chi connectivity index (χ0n) is 15.2. The predicted molar refractivity (Wildman–Crippen MR) is 94.9 cm³/mol. The van der Waals surface area contributed by atoms with Crippen LogP contribution in [0.1, 0.15) is 26.2 Å². The number of benzene rings is 1. The van der Waals surface area contributed by atoms with Crippen LogP contribution >= 0.6 is 0 Å². The Balaban J connectivity index is 1.72. The van der Waals surface area contributed by atoms with Crippen LogP contribution in [0, 0.1) is 11.8 Å². The predicted octanol–water partition coefficient (Wildman–Crippen LogP) is 2.83. The maximum absolute atomic E-state index is 13.1. The number of nitrogens with zero attached hydrogens (tertiary/aromatic N) is 2. The maximum Gasteiger partial charge on any atom is 0.387 e. The normalized spacial score (nSPS) is 27.0. The van der Waals surface area contributed by atoms with Gasteiger partial charge in [-0.25, -0.2) is 0 Å². The van der Waals surface area contributed by atoms with Gasteiger partial charge in [0.25, 0.3) is 0 Å². The van der Waals surface area contributed by atoms with Crippen LogP contribution in [0.4, 0.5) is 14.5 Å². The first-order valence-electron chi connectivity index (χ1n) is 9.18. The minimum Gasteiger partial charge on any atom is -0.481 e. The molecule has 0 aliphatic carbocycles. The number of carboxylic acids is 1. The van der Waals surface area contributed by atoms with Crippen LogP contribution in [0.25, 0.3) is 0 Å². The molecule has 3 unspecified atom stereocenters. The lowest BCUT2D eigenvalue weighted by molar-refractivity contribution is -0.146. The second kappa shape index (κ2) is 8.21. The topological polar surface area (TPSA) is 70.1 Å². The van der Waals surface area contributed by atoms with E-state index in [4.69, 9.17) is 0 Å². The highest BCUT2D eigenvalue weighted by Gasteiger charge is 2.39. The Morgan fingerprint density at radius 2 is 1.96 bits per heavy atom. The number of hydrogen-bond acceptors (Lipinski definition) is 4. The smallest absolute Gasteiger partial charge is 0.387 e. The van der Waals surface area contributed by atoms with Gasteiger partial charge in [0.2, 0.25) is 5.91 Å². The Labute approximate surface area is 156 Å². The van der Waals surface area contributed by atoms with Crippen molar-refractivity contribution in [3.8, 4) is 5.75 Å². The van der Waals surface area contributed by atoms with Gasteiger partial charge < -0.3 is 14.7 Å². The summed E-state index contributed by atoms with van der Waals surface area (Å²) >= 11 is 0. The third kappa shape index (κ3) is 4.55. The summed E-state index contributed by atoms with van der Waals surface area (Å²) < 4.78 is 28.9. The molecule has 2 fully saturated rings. The molecule has 0 aromatic heterocycles. The molecule has 6 nitrogen and oxygen atoms in total. The first kappa shape index (κ1) is 19.5. The highest BCUT2D eigenvalue weighted by molar-refractivity contribution is 5.98. The van der Waals surface area contributed by atoms with Crippen molar-refractivity contribution in [1.82, 2.24) is 4.90 Å². The average Bonchev–Trinajstić information content (AvgIpc) is 2.61. The molecule has 0 spiro atoms. The number of amides is 1. The standard InChI is InChI=1S/C19H24F2N2O4/c1-12-9-13(18(25)26)11-22(10-12)16-3-2-8-23(17(16)24)14-4-6-15(7-5-14)27-19(20)21/h4-7,12-13,16,19H,2-3,8-11H2,1H3,(H,25,26). The molecule has 3 atom stereocenters. The summed E-state index contributed by atoms with van der Waals surface area (Å²) in [6, 6.07) is 5.68. The summed E-state index contributed by atoms with van der Waals surface area (Å²) in [4.78, 5) is 28.1. The third-order valence-corrected chi connectivity index (χ3v) is 5.26. The van der Waals surface area contributed by atoms with Crippen molar-refractivity contribution < 1.29 is 28.2 Å². The first-order chi connectivity index (χ1) is 12.8. The van der Waals surface area contributed by atoms with Gasteiger partial charge in [0, 0.05) is 25.3 Å². The lowest BCUT2D eigenvalue weighted by atomic mass is 9.88. The first-order valence-corrected chi connectivity index (χ1v) is 9.18. The van der Waals surface area contributed by atoms with Crippen molar-refractivity contribution in [3.05, 3.63) is 24.3 Å². The van der Waals surface area contributed by atoms with Crippen LogP contribution in [0.15, 0.2) is 24.3 Å². The van der Waals surface area contributed by atoms with Crippen molar-refractivity contribution in [1.29, 1.82) is 0 Å². The van der Waals surface area contributed by atoms with Crippen LogP contribution in [-0.2, 0) is 9.59 Å². The number of ether oxygens (including phenoxy) is 1. The van der Waals surface area contributed by atoms with Gasteiger partial charge in [-0.05, 0) is 49.4 Å². The van der Waals surface area contributed by atoms with Gasteiger partial charge in [0.05, 0.1) is 12.0 Å². The largest absolute Gasteiger partial charge is 0.481 e. The molecule has 8 heteroatoms. The number of carboxylic acid groups (broad SMARTS) is 1. The minimum atomic E-state index is -2.89. The molecule has 2 aliphatic heterocycles. The molecule has 1 aromatic carbocycles. The maximum atomic E-state index is 13.1. The monoisotopic (exact) mass is 382 g/mol. The van der Waals surface area contributed by atoms with Crippen molar-refractivity contribution >= 4 is 17.6 Å². The fourth-order valence-corrected chi connectivity index (χ4v) is 4.09. The summed E-state index contributed by atoms with van der Waals surface area (Å²) in [6.45, 7) is 0.755. The van der Waals surface area contributed by atoms with E-state index < -0.39 is 18.5 Å². The number of rotatable bonds is 5. The highest BCUT2D eigenvalue weighted by atomic mass is 19.3. The van der Waals surface area contributed by atoms with Gasteiger partial charge in [0.1, 0.15) is 5.75 Å². The fraction of sp³-hybridized carbons (Fsp3) is 0.579. The minimum absolute atomic E-state index is 0.0453. The van der Waals surface area contributed by atoms with Crippen LogP contribution in [-0.4, -0.2) is 54.2 Å². The quantitative estimate of drug-likeness (QED) is 0.848. The van der Waals surface area contributed by atoms with Gasteiger partial charge in [0.15, 0.2) is 0 Å². The zero-order valence-corrected chi connectivity index (χ0v) is 15.2. The average molecular weight is 382 g/mol. The fourth-order valence-electron chi connectivity index (χ4n) is 4.09. The molecule has 2 saturated heterocycles. The number of aliphatic carboxylic acids is 1. The molecule has 1 N–H and O–H groups in total. The lowest BCUT2D eigenvalue weighted by Crippen LogP contribution is -2.56. The van der Waals surface area contributed by atoms with Gasteiger partial charge in [-0.3, -0.25) is 14.5 Å².